The molecule has 0 saturated carbocycles. The molecular formula is C14H10Br2N4. The SMILES string of the molecule is CC(C)c1cc(Br)c(NC(C#N)=C(C#N)C#N)c(Br)c1. The third kappa shape index (κ3) is 3.61. The predicted octanol–water partition coefficient (Wildman–Crippen LogP) is 4.57. The predicted molar refractivity (Wildman–Crippen MR) is 83.4 cm³/mol. The van der Waals surface area contributed by atoms with E-state index in [1.165, 1.54) is 0 Å². The van der Waals surface area contributed by atoms with E-state index in [1.54, 1.807) is 12.1 Å². The lowest BCUT2D eigenvalue weighted by molar-refractivity contribution is 0.865. The Morgan fingerprint density at radius 3 is 1.90 bits per heavy atom. The van der Waals surface area contributed by atoms with Crippen molar-refractivity contribution < 1.29 is 0 Å². The molecule has 0 fully saturated rings. The summed E-state index contributed by atoms with van der Waals surface area (Å²) in [7, 11) is 0. The number of nitrogens with zero attached hydrogens (tertiary/aromatic N) is 3. The fourth-order valence-corrected chi connectivity index (χ4v) is 2.87. The molecule has 0 unspecified atom stereocenters. The highest BCUT2D eigenvalue weighted by atomic mass is 79.9. The molecule has 0 spiro atoms. The maximum Gasteiger partial charge on any atom is 0.163 e. The topological polar surface area (TPSA) is 83.4 Å². The lowest BCUT2D eigenvalue weighted by atomic mass is 10.0. The van der Waals surface area contributed by atoms with E-state index in [9.17, 15) is 0 Å². The number of hydrogen-bond acceptors (Lipinski definition) is 4. The van der Waals surface area contributed by atoms with Crippen LogP contribution >= 0.6 is 31.9 Å². The van der Waals surface area contributed by atoms with E-state index in [4.69, 9.17) is 15.8 Å². The van der Waals surface area contributed by atoms with Gasteiger partial charge in [0, 0.05) is 8.95 Å². The Hall–Kier alpha value is -1.81. The molecule has 20 heavy (non-hydrogen) atoms. The van der Waals surface area contributed by atoms with Crippen molar-refractivity contribution in [2.24, 2.45) is 0 Å². The number of anilines is 1. The first-order valence-electron chi connectivity index (χ1n) is 5.65. The van der Waals surface area contributed by atoms with Crippen molar-refractivity contribution in [1.29, 1.82) is 15.8 Å². The summed E-state index contributed by atoms with van der Waals surface area (Å²) in [4.78, 5) is 0. The Kier molecular flexibility index (Phi) is 5.77. The maximum absolute atomic E-state index is 9.04. The van der Waals surface area contributed by atoms with Crippen LogP contribution in [0.1, 0.15) is 25.3 Å². The van der Waals surface area contributed by atoms with Gasteiger partial charge in [0.05, 0.1) is 5.69 Å². The number of hydrogen-bond donors (Lipinski definition) is 1. The Balaban J connectivity index is 3.32. The van der Waals surface area contributed by atoms with Gasteiger partial charge in [0.2, 0.25) is 0 Å². The Morgan fingerprint density at radius 1 is 1.05 bits per heavy atom. The number of nitriles is 3. The van der Waals surface area contributed by atoms with Crippen LogP contribution in [0.3, 0.4) is 0 Å². The van der Waals surface area contributed by atoms with Crippen LogP contribution in [-0.4, -0.2) is 0 Å². The molecule has 1 N–H and O–H groups in total. The third-order valence-electron chi connectivity index (χ3n) is 2.57. The minimum absolute atomic E-state index is 0.0753. The van der Waals surface area contributed by atoms with Gasteiger partial charge in [0.25, 0.3) is 0 Å². The van der Waals surface area contributed by atoms with Crippen molar-refractivity contribution >= 4 is 37.5 Å². The second-order valence-electron chi connectivity index (χ2n) is 4.22. The summed E-state index contributed by atoms with van der Waals surface area (Å²) in [6.45, 7) is 4.15. The van der Waals surface area contributed by atoms with E-state index in [0.717, 1.165) is 14.5 Å². The van der Waals surface area contributed by atoms with Crippen LogP contribution in [0.5, 0.6) is 0 Å². The summed E-state index contributed by atoms with van der Waals surface area (Å²) in [5.74, 6) is 0.358. The molecule has 0 aliphatic heterocycles. The summed E-state index contributed by atoms with van der Waals surface area (Å²) in [6, 6.07) is 9.09. The van der Waals surface area contributed by atoms with E-state index in [2.05, 4.69) is 51.0 Å². The summed E-state index contributed by atoms with van der Waals surface area (Å²) in [5.41, 5.74) is 1.40. The molecular weight excluding hydrogens is 384 g/mol. The normalized spacial score (nSPS) is 9.30. The van der Waals surface area contributed by atoms with Crippen LogP contribution in [0.25, 0.3) is 0 Å². The molecule has 0 aliphatic rings. The highest BCUT2D eigenvalue weighted by Gasteiger charge is 2.13. The van der Waals surface area contributed by atoms with Crippen LogP contribution in [0.2, 0.25) is 0 Å². The standard InChI is InChI=1S/C14H10Br2N4/c1-8(2)9-3-11(15)14(12(16)4-9)20-13(7-19)10(5-17)6-18/h3-4,8,20H,1-2H3. The average molecular weight is 394 g/mol. The second-order valence-corrected chi connectivity index (χ2v) is 5.93. The van der Waals surface area contributed by atoms with Crippen molar-refractivity contribution in [2.45, 2.75) is 19.8 Å². The van der Waals surface area contributed by atoms with Crippen molar-refractivity contribution in [2.75, 3.05) is 5.32 Å². The van der Waals surface area contributed by atoms with Gasteiger partial charge in [-0.15, -0.1) is 0 Å². The number of benzene rings is 1. The molecule has 0 atom stereocenters. The molecule has 6 heteroatoms. The number of allylic oxidation sites excluding steroid dienone is 2. The van der Waals surface area contributed by atoms with Crippen molar-refractivity contribution in [1.82, 2.24) is 0 Å². The van der Waals surface area contributed by atoms with E-state index >= 15 is 0 Å². The molecule has 0 aromatic heterocycles. The summed E-state index contributed by atoms with van der Waals surface area (Å²) < 4.78 is 1.50. The van der Waals surface area contributed by atoms with Crippen LogP contribution in [0.15, 0.2) is 32.3 Å². The zero-order chi connectivity index (χ0) is 15.3. The van der Waals surface area contributed by atoms with Crippen molar-refractivity contribution in [3.05, 3.63) is 37.9 Å². The van der Waals surface area contributed by atoms with E-state index in [0.29, 0.717) is 11.6 Å². The molecule has 0 saturated heterocycles. The van der Waals surface area contributed by atoms with E-state index in [-0.39, 0.29) is 11.3 Å². The molecule has 1 aromatic rings. The zero-order valence-electron chi connectivity index (χ0n) is 10.8. The summed E-state index contributed by atoms with van der Waals surface area (Å²) in [5, 5.41) is 29.5. The molecule has 0 radical (unpaired) electrons. The van der Waals surface area contributed by atoms with Gasteiger partial charge >= 0.3 is 0 Å². The fraction of sp³-hybridized carbons (Fsp3) is 0.214. The molecule has 0 heterocycles. The van der Waals surface area contributed by atoms with Crippen molar-refractivity contribution in [3.63, 3.8) is 0 Å². The van der Waals surface area contributed by atoms with Gasteiger partial charge in [0.1, 0.15) is 23.9 Å². The molecule has 1 aromatic carbocycles. The molecule has 0 bridgehead atoms. The van der Waals surface area contributed by atoms with Crippen LogP contribution in [-0.2, 0) is 0 Å². The Labute approximate surface area is 134 Å². The van der Waals surface area contributed by atoms with Crippen LogP contribution in [0.4, 0.5) is 5.69 Å². The van der Waals surface area contributed by atoms with Crippen LogP contribution in [0, 0.1) is 34.0 Å². The van der Waals surface area contributed by atoms with Gasteiger partial charge in [-0.1, -0.05) is 13.8 Å². The highest BCUT2D eigenvalue weighted by Crippen LogP contribution is 2.35. The van der Waals surface area contributed by atoms with Gasteiger partial charge in [-0.25, -0.2) is 0 Å². The first-order chi connectivity index (χ1) is 9.44. The number of rotatable bonds is 3. The fourth-order valence-electron chi connectivity index (χ4n) is 1.45. The molecule has 1 rings (SSSR count). The third-order valence-corrected chi connectivity index (χ3v) is 3.82. The van der Waals surface area contributed by atoms with Gasteiger partial charge in [0.15, 0.2) is 5.57 Å². The summed E-state index contributed by atoms with van der Waals surface area (Å²) >= 11 is 6.85. The summed E-state index contributed by atoms with van der Waals surface area (Å²) in [6.07, 6.45) is 0. The number of halogens is 2. The quantitative estimate of drug-likeness (QED) is 0.762. The molecule has 4 nitrogen and oxygen atoms in total. The average Bonchev–Trinajstić information content (AvgIpc) is 2.41. The highest BCUT2D eigenvalue weighted by molar-refractivity contribution is 9.11. The van der Waals surface area contributed by atoms with Gasteiger partial charge < -0.3 is 5.32 Å². The largest absolute Gasteiger partial charge is 0.343 e. The second kappa shape index (κ2) is 7.10. The van der Waals surface area contributed by atoms with Crippen molar-refractivity contribution in [3.8, 4) is 18.2 Å². The first-order valence-corrected chi connectivity index (χ1v) is 7.23. The lowest BCUT2D eigenvalue weighted by Gasteiger charge is -2.13. The lowest BCUT2D eigenvalue weighted by Crippen LogP contribution is -2.03. The Bertz CT molecular complexity index is 646. The van der Waals surface area contributed by atoms with Crippen LogP contribution < -0.4 is 5.32 Å². The monoisotopic (exact) mass is 392 g/mol. The van der Waals surface area contributed by atoms with Gasteiger partial charge in [-0.3, -0.25) is 0 Å². The van der Waals surface area contributed by atoms with Gasteiger partial charge in [-0.2, -0.15) is 15.8 Å². The zero-order valence-corrected chi connectivity index (χ0v) is 14.0. The smallest absolute Gasteiger partial charge is 0.163 e. The first kappa shape index (κ1) is 16.2. The molecule has 0 amide bonds. The van der Waals surface area contributed by atoms with Gasteiger partial charge in [-0.05, 0) is 55.5 Å². The minimum Gasteiger partial charge on any atom is -0.343 e. The molecule has 0 aliphatic carbocycles. The molecule has 100 valence electrons. The van der Waals surface area contributed by atoms with E-state index < -0.39 is 0 Å². The Morgan fingerprint density at radius 2 is 1.55 bits per heavy atom. The minimum atomic E-state index is -0.251. The number of nitrogens with one attached hydrogen (secondary N) is 1. The van der Waals surface area contributed by atoms with E-state index in [1.807, 2.05) is 18.2 Å². The maximum atomic E-state index is 9.04.